The van der Waals surface area contributed by atoms with Crippen LogP contribution in [0.3, 0.4) is 0 Å². The molecule has 3 aromatic carbocycles. The normalized spacial score (nSPS) is 15.6. The predicted octanol–water partition coefficient (Wildman–Crippen LogP) is 5.27. The van der Waals surface area contributed by atoms with Crippen molar-refractivity contribution in [1.29, 1.82) is 0 Å². The highest BCUT2D eigenvalue weighted by Gasteiger charge is 2.42. The first-order chi connectivity index (χ1) is 14.1. The second-order valence-corrected chi connectivity index (χ2v) is 7.19. The minimum atomic E-state index is -0.393. The van der Waals surface area contributed by atoms with Crippen LogP contribution in [0.4, 0.5) is 10.1 Å². The zero-order valence-corrected chi connectivity index (χ0v) is 15.8. The zero-order valence-electron chi connectivity index (χ0n) is 15.8. The molecule has 0 spiro atoms. The van der Waals surface area contributed by atoms with Gasteiger partial charge in [0, 0.05) is 16.8 Å². The van der Waals surface area contributed by atoms with E-state index in [0.29, 0.717) is 5.69 Å². The lowest BCUT2D eigenvalue weighted by molar-refractivity contribution is 0.0989. The van der Waals surface area contributed by atoms with Gasteiger partial charge in [-0.1, -0.05) is 60.2 Å². The highest BCUT2D eigenvalue weighted by molar-refractivity contribution is 6.11. The number of H-pyrrole nitrogens is 1. The molecule has 1 unspecified atom stereocenters. The van der Waals surface area contributed by atoms with Crippen LogP contribution in [0.5, 0.6) is 0 Å². The number of aromatic amines is 1. The molecular weight excluding hydrogens is 365 g/mol. The van der Waals surface area contributed by atoms with Crippen molar-refractivity contribution in [1.82, 2.24) is 10.2 Å². The molecule has 0 aliphatic carbocycles. The van der Waals surface area contributed by atoms with Gasteiger partial charge in [0.05, 0.1) is 11.7 Å². The standard InChI is InChI=1S/C24H18FN3O/c1-15-7-9-16(10-8-15)21-20-22(27-26-21)24(29)28(19-5-3-2-4-6-19)23(20)17-11-13-18(25)14-12-17/h2-14,23H,1H3,(H,26,27). The van der Waals surface area contributed by atoms with E-state index in [9.17, 15) is 9.18 Å². The second kappa shape index (κ2) is 6.71. The smallest absolute Gasteiger partial charge is 0.277 e. The molecule has 0 saturated carbocycles. The highest BCUT2D eigenvalue weighted by Crippen LogP contribution is 2.44. The Labute approximate surface area is 167 Å². The van der Waals surface area contributed by atoms with E-state index in [1.165, 1.54) is 12.1 Å². The van der Waals surface area contributed by atoms with E-state index in [-0.39, 0.29) is 11.7 Å². The number of halogens is 1. The fourth-order valence-electron chi connectivity index (χ4n) is 3.89. The number of carbonyl (C=O) groups is 1. The summed E-state index contributed by atoms with van der Waals surface area (Å²) in [7, 11) is 0. The maximum Gasteiger partial charge on any atom is 0.277 e. The molecule has 0 fully saturated rings. The van der Waals surface area contributed by atoms with Gasteiger partial charge in [0.15, 0.2) is 0 Å². The van der Waals surface area contributed by atoms with Gasteiger partial charge in [0.25, 0.3) is 5.91 Å². The number of carbonyl (C=O) groups excluding carboxylic acids is 1. The van der Waals surface area contributed by atoms with Gasteiger partial charge < -0.3 is 0 Å². The molecule has 0 bridgehead atoms. The summed E-state index contributed by atoms with van der Waals surface area (Å²) < 4.78 is 13.6. The number of anilines is 1. The quantitative estimate of drug-likeness (QED) is 0.524. The molecule has 5 heteroatoms. The van der Waals surface area contributed by atoms with E-state index in [2.05, 4.69) is 10.2 Å². The summed E-state index contributed by atoms with van der Waals surface area (Å²) in [6.07, 6.45) is 0. The van der Waals surface area contributed by atoms with Crippen LogP contribution < -0.4 is 4.90 Å². The van der Waals surface area contributed by atoms with Crippen molar-refractivity contribution in [2.75, 3.05) is 4.90 Å². The summed E-state index contributed by atoms with van der Waals surface area (Å²) in [6, 6.07) is 23.5. The molecule has 5 rings (SSSR count). The van der Waals surface area contributed by atoms with E-state index < -0.39 is 6.04 Å². The Morgan fingerprint density at radius 2 is 1.62 bits per heavy atom. The maximum absolute atomic E-state index is 13.6. The Kier molecular flexibility index (Phi) is 4.02. The van der Waals surface area contributed by atoms with Crippen LogP contribution in [0, 0.1) is 12.7 Å². The lowest BCUT2D eigenvalue weighted by Crippen LogP contribution is -2.29. The number of fused-ring (bicyclic) bond motifs is 1. The van der Waals surface area contributed by atoms with Crippen LogP contribution in [0.1, 0.15) is 33.2 Å². The fourth-order valence-corrected chi connectivity index (χ4v) is 3.89. The van der Waals surface area contributed by atoms with Crippen molar-refractivity contribution in [2.45, 2.75) is 13.0 Å². The Morgan fingerprint density at radius 1 is 0.931 bits per heavy atom. The van der Waals surface area contributed by atoms with Crippen molar-refractivity contribution >= 4 is 11.6 Å². The summed E-state index contributed by atoms with van der Waals surface area (Å²) in [5.74, 6) is -0.457. The van der Waals surface area contributed by atoms with Crippen LogP contribution in [0.15, 0.2) is 78.9 Å². The van der Waals surface area contributed by atoms with Crippen molar-refractivity contribution < 1.29 is 9.18 Å². The molecule has 1 N–H and O–H groups in total. The molecule has 29 heavy (non-hydrogen) atoms. The van der Waals surface area contributed by atoms with Crippen molar-refractivity contribution in [3.8, 4) is 11.3 Å². The van der Waals surface area contributed by atoms with E-state index in [1.807, 2.05) is 61.5 Å². The number of nitrogens with zero attached hydrogens (tertiary/aromatic N) is 2. The first-order valence-electron chi connectivity index (χ1n) is 9.43. The zero-order chi connectivity index (χ0) is 20.0. The van der Waals surface area contributed by atoms with Crippen LogP contribution in [-0.2, 0) is 0 Å². The van der Waals surface area contributed by atoms with Crippen LogP contribution in [0.25, 0.3) is 11.3 Å². The number of benzene rings is 3. The number of aromatic nitrogens is 2. The molecular formula is C24H18FN3O. The summed E-state index contributed by atoms with van der Waals surface area (Å²) in [4.78, 5) is 15.1. The van der Waals surface area contributed by atoms with Gasteiger partial charge in [-0.05, 0) is 36.8 Å². The average Bonchev–Trinajstić information content (AvgIpc) is 3.29. The molecule has 2 heterocycles. The summed E-state index contributed by atoms with van der Waals surface area (Å²) in [5, 5.41) is 7.41. The van der Waals surface area contributed by atoms with Crippen LogP contribution in [0.2, 0.25) is 0 Å². The number of amides is 1. The largest absolute Gasteiger partial charge is 0.295 e. The van der Waals surface area contributed by atoms with Crippen LogP contribution >= 0.6 is 0 Å². The molecule has 4 aromatic rings. The monoisotopic (exact) mass is 383 g/mol. The molecule has 1 atom stereocenters. The third-order valence-corrected chi connectivity index (χ3v) is 5.31. The topological polar surface area (TPSA) is 49.0 Å². The van der Waals surface area contributed by atoms with Gasteiger partial charge in [-0.15, -0.1) is 0 Å². The number of rotatable bonds is 3. The molecule has 1 aliphatic heterocycles. The number of aryl methyl sites for hydroxylation is 1. The lowest BCUT2D eigenvalue weighted by atomic mass is 9.95. The van der Waals surface area contributed by atoms with Gasteiger partial charge in [-0.3, -0.25) is 14.8 Å². The Morgan fingerprint density at radius 3 is 2.31 bits per heavy atom. The summed E-state index contributed by atoms with van der Waals surface area (Å²) >= 11 is 0. The predicted molar refractivity (Wildman–Crippen MR) is 110 cm³/mol. The van der Waals surface area contributed by atoms with Gasteiger partial charge in [0.1, 0.15) is 11.5 Å². The fraction of sp³-hybridized carbons (Fsp3) is 0.0833. The van der Waals surface area contributed by atoms with E-state index in [4.69, 9.17) is 0 Å². The van der Waals surface area contributed by atoms with E-state index in [1.54, 1.807) is 17.0 Å². The number of para-hydroxylation sites is 1. The second-order valence-electron chi connectivity index (χ2n) is 7.19. The van der Waals surface area contributed by atoms with Crippen molar-refractivity contribution in [3.05, 3.63) is 107 Å². The van der Waals surface area contributed by atoms with Crippen molar-refractivity contribution in [2.24, 2.45) is 0 Å². The first-order valence-corrected chi connectivity index (χ1v) is 9.43. The third-order valence-electron chi connectivity index (χ3n) is 5.31. The number of hydrogen-bond donors (Lipinski definition) is 1. The SMILES string of the molecule is Cc1ccc(-c2n[nH]c3c2C(c2ccc(F)cc2)N(c2ccccc2)C3=O)cc1. The van der Waals surface area contributed by atoms with E-state index in [0.717, 1.165) is 33.6 Å². The average molecular weight is 383 g/mol. The first kappa shape index (κ1) is 17.4. The lowest BCUT2D eigenvalue weighted by Gasteiger charge is -2.26. The molecule has 0 saturated heterocycles. The minimum absolute atomic E-state index is 0.147. The van der Waals surface area contributed by atoms with Gasteiger partial charge in [0.2, 0.25) is 0 Å². The molecule has 142 valence electrons. The molecule has 0 radical (unpaired) electrons. The van der Waals surface area contributed by atoms with Gasteiger partial charge in [-0.2, -0.15) is 5.10 Å². The number of nitrogens with one attached hydrogen (secondary N) is 1. The summed E-state index contributed by atoms with van der Waals surface area (Å²) in [5.41, 5.74) is 5.72. The molecule has 1 aliphatic rings. The maximum atomic E-state index is 13.6. The molecule has 1 aromatic heterocycles. The van der Waals surface area contributed by atoms with Crippen molar-refractivity contribution in [3.63, 3.8) is 0 Å². The van der Waals surface area contributed by atoms with Crippen LogP contribution in [-0.4, -0.2) is 16.1 Å². The Balaban J connectivity index is 1.72. The summed E-state index contributed by atoms with van der Waals surface area (Å²) in [6.45, 7) is 2.03. The van der Waals surface area contributed by atoms with E-state index >= 15 is 0 Å². The van der Waals surface area contributed by atoms with Gasteiger partial charge >= 0.3 is 0 Å². The Bertz CT molecular complexity index is 1180. The molecule has 4 nitrogen and oxygen atoms in total. The molecule has 1 amide bonds. The third kappa shape index (κ3) is 2.83. The number of hydrogen-bond acceptors (Lipinski definition) is 2. The Hall–Kier alpha value is -3.73. The minimum Gasteiger partial charge on any atom is -0.295 e. The highest BCUT2D eigenvalue weighted by atomic mass is 19.1. The van der Waals surface area contributed by atoms with Gasteiger partial charge in [-0.25, -0.2) is 4.39 Å².